The van der Waals surface area contributed by atoms with Gasteiger partial charge in [0.15, 0.2) is 0 Å². The second-order valence-corrected chi connectivity index (χ2v) is 8.40. The van der Waals surface area contributed by atoms with Gasteiger partial charge in [-0.1, -0.05) is 6.42 Å². The molecule has 1 aliphatic heterocycles. The Balaban J connectivity index is 2.23. The molecule has 7 nitrogen and oxygen atoms in total. The number of carbonyl (C=O) groups is 1. The molecule has 0 saturated carbocycles. The number of rotatable bonds is 8. The fourth-order valence-electron chi connectivity index (χ4n) is 3.39. The van der Waals surface area contributed by atoms with Gasteiger partial charge in [-0.25, -0.2) is 8.42 Å². The number of methoxy groups -OCH3 is 1. The zero-order valence-electron chi connectivity index (χ0n) is 15.5. The summed E-state index contributed by atoms with van der Waals surface area (Å²) in [6, 6.07) is 3.17. The van der Waals surface area contributed by atoms with Crippen LogP contribution in [0.4, 0.5) is 0 Å². The molecule has 26 heavy (non-hydrogen) atoms. The van der Waals surface area contributed by atoms with Gasteiger partial charge in [0.1, 0.15) is 5.75 Å². The van der Waals surface area contributed by atoms with E-state index in [0.717, 1.165) is 12.8 Å². The van der Waals surface area contributed by atoms with Crippen molar-refractivity contribution in [2.45, 2.75) is 50.5 Å². The number of hydrogen-bond acceptors (Lipinski definition) is 5. The zero-order chi connectivity index (χ0) is 19.3. The second kappa shape index (κ2) is 8.83. The largest absolute Gasteiger partial charge is 0.497 e. The average molecular weight is 385 g/mol. The van der Waals surface area contributed by atoms with Gasteiger partial charge in [0.05, 0.1) is 31.6 Å². The second-order valence-electron chi connectivity index (χ2n) is 6.57. The summed E-state index contributed by atoms with van der Waals surface area (Å²) in [5.41, 5.74) is 1.30. The van der Waals surface area contributed by atoms with Crippen molar-refractivity contribution < 1.29 is 27.8 Å². The highest BCUT2D eigenvalue weighted by Crippen LogP contribution is 2.31. The Morgan fingerprint density at radius 1 is 1.27 bits per heavy atom. The Bertz CT molecular complexity index is 723. The minimum Gasteiger partial charge on any atom is -0.497 e. The lowest BCUT2D eigenvalue weighted by Gasteiger charge is -2.35. The van der Waals surface area contributed by atoms with Crippen molar-refractivity contribution in [3.8, 4) is 5.75 Å². The lowest BCUT2D eigenvalue weighted by Crippen LogP contribution is -2.46. The topological polar surface area (TPSA) is 93.1 Å². The van der Waals surface area contributed by atoms with Gasteiger partial charge in [0.25, 0.3) is 0 Å². The van der Waals surface area contributed by atoms with Crippen LogP contribution in [-0.4, -0.2) is 56.7 Å². The standard InChI is InChI=1S/C18H27NO6S/c1-13-10-16(24-3)11-14(2)18(13)26(22,23)19-8-5-4-6-15(19)12-25-9-7-17(20)21/h10-11,15H,4-9,12H2,1-3H3,(H,20,21). The van der Waals surface area contributed by atoms with Gasteiger partial charge in [0.2, 0.25) is 10.0 Å². The highest BCUT2D eigenvalue weighted by atomic mass is 32.2. The van der Waals surface area contributed by atoms with Crippen molar-refractivity contribution in [3.63, 3.8) is 0 Å². The molecule has 2 rings (SSSR count). The van der Waals surface area contributed by atoms with Gasteiger partial charge in [-0.2, -0.15) is 4.31 Å². The van der Waals surface area contributed by atoms with E-state index in [4.69, 9.17) is 14.6 Å². The van der Waals surface area contributed by atoms with Gasteiger partial charge >= 0.3 is 5.97 Å². The Morgan fingerprint density at radius 2 is 1.92 bits per heavy atom. The first-order valence-corrected chi connectivity index (χ1v) is 10.2. The van der Waals surface area contributed by atoms with E-state index in [9.17, 15) is 13.2 Å². The summed E-state index contributed by atoms with van der Waals surface area (Å²) in [6.45, 7) is 4.27. The summed E-state index contributed by atoms with van der Waals surface area (Å²) in [7, 11) is -2.12. The number of ether oxygens (including phenoxy) is 2. The van der Waals surface area contributed by atoms with Gasteiger partial charge in [-0.15, -0.1) is 0 Å². The van der Waals surface area contributed by atoms with E-state index in [1.165, 1.54) is 4.31 Å². The third-order valence-corrected chi connectivity index (χ3v) is 6.84. The van der Waals surface area contributed by atoms with Crippen LogP contribution in [0.15, 0.2) is 17.0 Å². The first kappa shape index (κ1) is 20.7. The first-order chi connectivity index (χ1) is 12.3. The first-order valence-electron chi connectivity index (χ1n) is 8.74. The van der Waals surface area contributed by atoms with E-state index in [2.05, 4.69) is 0 Å². The van der Waals surface area contributed by atoms with E-state index >= 15 is 0 Å². The lowest BCUT2D eigenvalue weighted by atomic mass is 10.1. The van der Waals surface area contributed by atoms with Gasteiger partial charge in [-0.05, 0) is 49.9 Å². The molecule has 0 aliphatic carbocycles. The fourth-order valence-corrected chi connectivity index (χ4v) is 5.48. The molecule has 1 N–H and O–H groups in total. The molecule has 1 fully saturated rings. The molecule has 0 aromatic heterocycles. The summed E-state index contributed by atoms with van der Waals surface area (Å²) in [6.07, 6.45) is 2.36. The van der Waals surface area contributed by atoms with Crippen LogP contribution in [0, 0.1) is 13.8 Å². The number of carboxylic acids is 1. The molecular weight excluding hydrogens is 358 g/mol. The number of aliphatic carboxylic acids is 1. The predicted octanol–water partition coefficient (Wildman–Crippen LogP) is 2.35. The van der Waals surface area contributed by atoms with Crippen molar-refractivity contribution in [1.82, 2.24) is 4.31 Å². The Labute approximate surface area is 155 Å². The molecule has 1 atom stereocenters. The number of hydrogen-bond donors (Lipinski definition) is 1. The molecule has 0 radical (unpaired) electrons. The van der Waals surface area contributed by atoms with Crippen LogP contribution in [0.5, 0.6) is 5.75 Å². The van der Waals surface area contributed by atoms with E-state index in [1.54, 1.807) is 33.1 Å². The highest BCUT2D eigenvalue weighted by molar-refractivity contribution is 7.89. The predicted molar refractivity (Wildman–Crippen MR) is 97.1 cm³/mol. The maximum atomic E-state index is 13.3. The van der Waals surface area contributed by atoms with Crippen LogP contribution >= 0.6 is 0 Å². The van der Waals surface area contributed by atoms with Crippen molar-refractivity contribution in [1.29, 1.82) is 0 Å². The van der Waals surface area contributed by atoms with E-state index in [-0.39, 0.29) is 25.7 Å². The van der Waals surface area contributed by atoms with Crippen LogP contribution < -0.4 is 4.74 Å². The Morgan fingerprint density at radius 3 is 2.50 bits per heavy atom. The molecule has 0 spiro atoms. The average Bonchev–Trinajstić information content (AvgIpc) is 2.57. The van der Waals surface area contributed by atoms with E-state index < -0.39 is 16.0 Å². The quantitative estimate of drug-likeness (QED) is 0.691. The molecule has 8 heteroatoms. The number of aryl methyl sites for hydroxylation is 2. The molecule has 0 amide bonds. The number of benzene rings is 1. The summed E-state index contributed by atoms with van der Waals surface area (Å²) in [5, 5.41) is 8.69. The van der Waals surface area contributed by atoms with Gasteiger partial charge in [0, 0.05) is 12.6 Å². The molecule has 1 aromatic carbocycles. The summed E-state index contributed by atoms with van der Waals surface area (Å²) >= 11 is 0. The van der Waals surface area contributed by atoms with Crippen LogP contribution in [0.3, 0.4) is 0 Å². The van der Waals surface area contributed by atoms with Crippen molar-refractivity contribution in [3.05, 3.63) is 23.3 Å². The molecule has 1 saturated heterocycles. The monoisotopic (exact) mass is 385 g/mol. The van der Waals surface area contributed by atoms with Crippen molar-refractivity contribution in [2.24, 2.45) is 0 Å². The minimum atomic E-state index is -3.67. The van der Waals surface area contributed by atoms with Gasteiger partial charge < -0.3 is 14.6 Å². The normalized spacial score (nSPS) is 18.7. The van der Waals surface area contributed by atoms with Crippen molar-refractivity contribution in [2.75, 3.05) is 26.9 Å². The number of carboxylic acid groups (broad SMARTS) is 1. The zero-order valence-corrected chi connectivity index (χ0v) is 16.3. The highest BCUT2D eigenvalue weighted by Gasteiger charge is 2.35. The molecule has 1 aliphatic rings. The van der Waals surface area contributed by atoms with E-state index in [1.807, 2.05) is 0 Å². The number of nitrogens with zero attached hydrogens (tertiary/aromatic N) is 1. The van der Waals surface area contributed by atoms with Crippen LogP contribution in [0.25, 0.3) is 0 Å². The van der Waals surface area contributed by atoms with Crippen molar-refractivity contribution >= 4 is 16.0 Å². The molecule has 1 heterocycles. The third kappa shape index (κ3) is 4.75. The molecular formula is C18H27NO6S. The minimum absolute atomic E-state index is 0.0836. The lowest BCUT2D eigenvalue weighted by molar-refractivity contribution is -0.138. The van der Waals surface area contributed by atoms with E-state index in [0.29, 0.717) is 34.7 Å². The molecule has 0 bridgehead atoms. The number of sulfonamides is 1. The van der Waals surface area contributed by atoms with Crippen LogP contribution in [0.1, 0.15) is 36.8 Å². The molecule has 146 valence electrons. The summed E-state index contributed by atoms with van der Waals surface area (Å²) < 4.78 is 38.8. The summed E-state index contributed by atoms with van der Waals surface area (Å²) in [5.74, 6) is -0.297. The third-order valence-electron chi connectivity index (χ3n) is 4.58. The maximum absolute atomic E-state index is 13.3. The Hall–Kier alpha value is -1.64. The van der Waals surface area contributed by atoms with Crippen LogP contribution in [0.2, 0.25) is 0 Å². The fraction of sp³-hybridized carbons (Fsp3) is 0.611. The summed E-state index contributed by atoms with van der Waals surface area (Å²) in [4.78, 5) is 10.9. The van der Waals surface area contributed by atoms with Gasteiger partial charge in [-0.3, -0.25) is 4.79 Å². The number of piperidine rings is 1. The molecule has 1 unspecified atom stereocenters. The molecule has 1 aromatic rings. The maximum Gasteiger partial charge on any atom is 0.305 e. The SMILES string of the molecule is COc1cc(C)c(S(=O)(=O)N2CCCCC2COCCC(=O)O)c(C)c1. The smallest absolute Gasteiger partial charge is 0.305 e. The Kier molecular flexibility index (Phi) is 7.02. The van der Waals surface area contributed by atoms with Crippen LogP contribution in [-0.2, 0) is 19.6 Å².